The number of piperazine rings is 1. The summed E-state index contributed by atoms with van der Waals surface area (Å²) in [6, 6.07) is 11.9. The van der Waals surface area contributed by atoms with Gasteiger partial charge in [-0.1, -0.05) is 12.8 Å². The SMILES string of the molecule is CN1CCN(c2ccc3oc(Nc4ncc5cc(C#N)c(=O)n(C6CCCC6)c5n4)cc3c2)CC1. The van der Waals surface area contributed by atoms with Crippen LogP contribution >= 0.6 is 0 Å². The maximum Gasteiger partial charge on any atom is 0.270 e. The molecule has 35 heavy (non-hydrogen) atoms. The molecule has 1 saturated carbocycles. The predicted molar refractivity (Wildman–Crippen MR) is 135 cm³/mol. The Morgan fingerprint density at radius 3 is 2.66 bits per heavy atom. The molecule has 4 aromatic rings. The van der Waals surface area contributed by atoms with Gasteiger partial charge in [-0.2, -0.15) is 10.2 Å². The van der Waals surface area contributed by atoms with Crippen molar-refractivity contribution in [2.75, 3.05) is 43.4 Å². The van der Waals surface area contributed by atoms with Crippen molar-refractivity contribution in [1.29, 1.82) is 5.26 Å². The van der Waals surface area contributed by atoms with Crippen LogP contribution in [0.2, 0.25) is 0 Å². The number of nitrogens with one attached hydrogen (secondary N) is 1. The molecule has 6 rings (SSSR count). The monoisotopic (exact) mass is 469 g/mol. The molecular formula is C26H27N7O2. The lowest BCUT2D eigenvalue weighted by molar-refractivity contribution is 0.313. The largest absolute Gasteiger partial charge is 0.440 e. The molecule has 9 heteroatoms. The molecular weight excluding hydrogens is 442 g/mol. The fourth-order valence-corrected chi connectivity index (χ4v) is 5.23. The van der Waals surface area contributed by atoms with E-state index in [2.05, 4.69) is 44.3 Å². The normalized spacial score (nSPS) is 17.3. The van der Waals surface area contributed by atoms with Gasteiger partial charge in [0.25, 0.3) is 5.56 Å². The van der Waals surface area contributed by atoms with Gasteiger partial charge in [-0.05, 0) is 44.2 Å². The summed E-state index contributed by atoms with van der Waals surface area (Å²) in [7, 11) is 2.15. The van der Waals surface area contributed by atoms with Crippen LogP contribution in [0.15, 0.2) is 45.7 Å². The van der Waals surface area contributed by atoms with Gasteiger partial charge in [-0.3, -0.25) is 14.7 Å². The lowest BCUT2D eigenvalue weighted by Gasteiger charge is -2.34. The smallest absolute Gasteiger partial charge is 0.270 e. The van der Waals surface area contributed by atoms with Crippen LogP contribution in [0, 0.1) is 11.3 Å². The van der Waals surface area contributed by atoms with Gasteiger partial charge in [0.1, 0.15) is 22.9 Å². The van der Waals surface area contributed by atoms with Gasteiger partial charge in [0, 0.05) is 60.9 Å². The van der Waals surface area contributed by atoms with E-state index < -0.39 is 0 Å². The summed E-state index contributed by atoms with van der Waals surface area (Å²) in [6.45, 7) is 4.12. The van der Waals surface area contributed by atoms with E-state index in [0.29, 0.717) is 22.9 Å². The van der Waals surface area contributed by atoms with Gasteiger partial charge in [0.05, 0.1) is 0 Å². The van der Waals surface area contributed by atoms with Gasteiger partial charge < -0.3 is 14.2 Å². The minimum atomic E-state index is -0.281. The molecule has 1 aromatic carbocycles. The van der Waals surface area contributed by atoms with Crippen LogP contribution in [0.3, 0.4) is 0 Å². The minimum absolute atomic E-state index is 0.0558. The highest BCUT2D eigenvalue weighted by Gasteiger charge is 2.23. The first-order valence-electron chi connectivity index (χ1n) is 12.2. The van der Waals surface area contributed by atoms with Crippen LogP contribution in [0.1, 0.15) is 37.3 Å². The van der Waals surface area contributed by atoms with Crippen LogP contribution in [-0.2, 0) is 0 Å². The molecule has 0 atom stereocenters. The standard InChI is InChI=1S/C26H27N7O2/c1-31-8-10-32(11-9-31)21-6-7-22-17(13-21)14-23(35-22)29-26-28-16-19-12-18(15-27)25(34)33(24(19)30-26)20-4-2-3-5-20/h6-7,12-14,16,20H,2-5,8-11H2,1H3,(H,28,29,30). The Kier molecular flexibility index (Phi) is 5.38. The van der Waals surface area contributed by atoms with E-state index in [1.165, 1.54) is 5.69 Å². The van der Waals surface area contributed by atoms with Crippen molar-refractivity contribution < 1.29 is 4.42 Å². The first kappa shape index (κ1) is 21.6. The molecule has 1 N–H and O–H groups in total. The number of benzene rings is 1. The average molecular weight is 470 g/mol. The third-order valence-electron chi connectivity index (χ3n) is 7.19. The number of aromatic nitrogens is 3. The predicted octanol–water partition coefficient (Wildman–Crippen LogP) is 4.02. The molecule has 4 heterocycles. The van der Waals surface area contributed by atoms with Gasteiger partial charge in [0.15, 0.2) is 0 Å². The minimum Gasteiger partial charge on any atom is -0.440 e. The molecule has 0 spiro atoms. The average Bonchev–Trinajstić information content (AvgIpc) is 3.53. The van der Waals surface area contributed by atoms with Crippen LogP contribution in [0.25, 0.3) is 22.0 Å². The van der Waals surface area contributed by atoms with E-state index in [9.17, 15) is 10.1 Å². The van der Waals surface area contributed by atoms with Gasteiger partial charge >= 0.3 is 0 Å². The van der Waals surface area contributed by atoms with Crippen molar-refractivity contribution >= 4 is 39.5 Å². The number of furan rings is 1. The van der Waals surface area contributed by atoms with Gasteiger partial charge in [-0.25, -0.2) is 4.98 Å². The van der Waals surface area contributed by atoms with Crippen molar-refractivity contribution in [3.63, 3.8) is 0 Å². The van der Waals surface area contributed by atoms with E-state index in [-0.39, 0.29) is 17.2 Å². The summed E-state index contributed by atoms with van der Waals surface area (Å²) in [5.41, 5.74) is 2.37. The molecule has 3 aromatic heterocycles. The second-order valence-electron chi connectivity index (χ2n) is 9.50. The molecule has 178 valence electrons. The fourth-order valence-electron chi connectivity index (χ4n) is 5.23. The Bertz CT molecular complexity index is 1500. The van der Waals surface area contributed by atoms with Crippen LogP contribution < -0.4 is 15.8 Å². The molecule has 2 fully saturated rings. The molecule has 1 aliphatic carbocycles. The first-order chi connectivity index (χ1) is 17.1. The topological polar surface area (TPSA) is 103 Å². The van der Waals surface area contributed by atoms with E-state index in [1.54, 1.807) is 16.8 Å². The summed E-state index contributed by atoms with van der Waals surface area (Å²) in [4.78, 5) is 26.8. The number of likely N-dealkylation sites (N-methyl/N-ethyl adjacent to an activating group) is 1. The zero-order valence-corrected chi connectivity index (χ0v) is 19.7. The van der Waals surface area contributed by atoms with E-state index in [1.807, 2.05) is 18.2 Å². The summed E-state index contributed by atoms with van der Waals surface area (Å²) < 4.78 is 7.69. The van der Waals surface area contributed by atoms with Gasteiger partial charge in [0.2, 0.25) is 11.8 Å². The Balaban J connectivity index is 1.32. The highest BCUT2D eigenvalue weighted by Crippen LogP contribution is 2.32. The van der Waals surface area contributed by atoms with Crippen molar-refractivity contribution in [1.82, 2.24) is 19.4 Å². The lowest BCUT2D eigenvalue weighted by atomic mass is 10.2. The summed E-state index contributed by atoms with van der Waals surface area (Å²) in [5, 5.41) is 14.3. The third kappa shape index (κ3) is 4.00. The maximum absolute atomic E-state index is 13.0. The van der Waals surface area contributed by atoms with Crippen LogP contribution in [0.5, 0.6) is 0 Å². The lowest BCUT2D eigenvalue weighted by Crippen LogP contribution is -2.44. The number of pyridine rings is 1. The second-order valence-corrected chi connectivity index (χ2v) is 9.50. The van der Waals surface area contributed by atoms with E-state index in [0.717, 1.165) is 62.8 Å². The fraction of sp³-hybridized carbons (Fsp3) is 0.385. The molecule has 2 aliphatic rings. The van der Waals surface area contributed by atoms with E-state index in [4.69, 9.17) is 4.42 Å². The van der Waals surface area contributed by atoms with Crippen molar-refractivity contribution in [3.8, 4) is 6.07 Å². The molecule has 0 radical (unpaired) electrons. The number of hydrogen-bond donors (Lipinski definition) is 1. The highest BCUT2D eigenvalue weighted by atomic mass is 16.3. The Labute approximate surface area is 202 Å². The number of fused-ring (bicyclic) bond motifs is 2. The quantitative estimate of drug-likeness (QED) is 0.478. The van der Waals surface area contributed by atoms with Crippen LogP contribution in [-0.4, -0.2) is 52.7 Å². The number of rotatable bonds is 4. The molecule has 1 aliphatic heterocycles. The molecule has 9 nitrogen and oxygen atoms in total. The zero-order chi connectivity index (χ0) is 23.9. The molecule has 1 saturated heterocycles. The highest BCUT2D eigenvalue weighted by molar-refractivity contribution is 5.85. The summed E-state index contributed by atoms with van der Waals surface area (Å²) in [6.07, 6.45) is 5.62. The summed E-state index contributed by atoms with van der Waals surface area (Å²) in [5.74, 6) is 0.894. The number of nitrogens with zero attached hydrogens (tertiary/aromatic N) is 6. The Morgan fingerprint density at radius 2 is 1.89 bits per heavy atom. The van der Waals surface area contributed by atoms with E-state index >= 15 is 0 Å². The van der Waals surface area contributed by atoms with Crippen molar-refractivity contribution in [3.05, 3.63) is 52.4 Å². The van der Waals surface area contributed by atoms with Crippen molar-refractivity contribution in [2.24, 2.45) is 0 Å². The Morgan fingerprint density at radius 1 is 1.09 bits per heavy atom. The third-order valence-corrected chi connectivity index (χ3v) is 7.19. The van der Waals surface area contributed by atoms with Crippen molar-refractivity contribution in [2.45, 2.75) is 31.7 Å². The molecule has 0 bridgehead atoms. The first-order valence-corrected chi connectivity index (χ1v) is 12.2. The zero-order valence-electron chi connectivity index (χ0n) is 19.7. The number of nitriles is 1. The maximum atomic E-state index is 13.0. The number of hydrogen-bond acceptors (Lipinski definition) is 8. The number of anilines is 3. The Hall–Kier alpha value is -3.90. The second kappa shape index (κ2) is 8.71. The summed E-state index contributed by atoms with van der Waals surface area (Å²) >= 11 is 0. The van der Waals surface area contributed by atoms with Gasteiger partial charge in [-0.15, -0.1) is 0 Å². The van der Waals surface area contributed by atoms with Crippen LogP contribution in [0.4, 0.5) is 17.5 Å². The molecule has 0 amide bonds. The molecule has 0 unspecified atom stereocenters.